The van der Waals surface area contributed by atoms with Crippen LogP contribution in [0.25, 0.3) is 11.1 Å². The van der Waals surface area contributed by atoms with E-state index in [1.54, 1.807) is 0 Å². The van der Waals surface area contributed by atoms with Crippen molar-refractivity contribution in [1.29, 1.82) is 0 Å². The molecule has 0 radical (unpaired) electrons. The Bertz CT molecular complexity index is 757. The number of hydrogen-bond donors (Lipinski definition) is 2. The molecule has 0 bridgehead atoms. The van der Waals surface area contributed by atoms with Gasteiger partial charge < -0.3 is 20.1 Å². The smallest absolute Gasteiger partial charge is 0.222 e. The maximum absolute atomic E-state index is 12.5. The van der Waals surface area contributed by atoms with E-state index < -0.39 is 0 Å². The van der Waals surface area contributed by atoms with Crippen LogP contribution in [0, 0.1) is 0 Å². The van der Waals surface area contributed by atoms with Gasteiger partial charge in [0.25, 0.3) is 0 Å². The maximum Gasteiger partial charge on any atom is 0.222 e. The summed E-state index contributed by atoms with van der Waals surface area (Å²) in [5.41, 5.74) is 3.25. The standard InChI is InChI=1S/C21H24N2O3/c24-20(13-16-14-25-12-10-22-16)23-19-9-11-26-21-17(7-4-8-18(19)21)15-5-2-1-3-6-15/h1-8,16,19,22H,9-14H2,(H,23,24). The largest absolute Gasteiger partial charge is 0.492 e. The lowest BCUT2D eigenvalue weighted by molar-refractivity contribution is -0.123. The number of hydrogen-bond acceptors (Lipinski definition) is 4. The lowest BCUT2D eigenvalue weighted by atomic mass is 9.94. The molecular formula is C21H24N2O3. The highest BCUT2D eigenvalue weighted by molar-refractivity contribution is 5.78. The first-order chi connectivity index (χ1) is 12.8. The van der Waals surface area contributed by atoms with E-state index in [1.807, 2.05) is 30.3 Å². The fourth-order valence-electron chi connectivity index (χ4n) is 3.65. The number of para-hydroxylation sites is 1. The van der Waals surface area contributed by atoms with Crippen molar-refractivity contribution in [1.82, 2.24) is 10.6 Å². The molecule has 26 heavy (non-hydrogen) atoms. The Morgan fingerprint density at radius 2 is 2.00 bits per heavy atom. The predicted octanol–water partition coefficient (Wildman–Crippen LogP) is 2.67. The van der Waals surface area contributed by atoms with Crippen molar-refractivity contribution in [3.8, 4) is 16.9 Å². The first-order valence-electron chi connectivity index (χ1n) is 9.23. The number of benzene rings is 2. The minimum Gasteiger partial charge on any atom is -0.492 e. The van der Waals surface area contributed by atoms with Crippen LogP contribution in [-0.2, 0) is 9.53 Å². The maximum atomic E-state index is 12.5. The number of carbonyl (C=O) groups excluding carboxylic acids is 1. The molecule has 0 spiro atoms. The molecule has 2 aromatic rings. The molecule has 5 nitrogen and oxygen atoms in total. The van der Waals surface area contributed by atoms with Crippen LogP contribution in [0.5, 0.6) is 5.75 Å². The highest BCUT2D eigenvalue weighted by atomic mass is 16.5. The van der Waals surface area contributed by atoms with E-state index in [0.29, 0.717) is 26.2 Å². The van der Waals surface area contributed by atoms with Crippen LogP contribution in [0.2, 0.25) is 0 Å². The highest BCUT2D eigenvalue weighted by Crippen LogP contribution is 2.40. The summed E-state index contributed by atoms with van der Waals surface area (Å²) in [6, 6.07) is 16.4. The third-order valence-electron chi connectivity index (χ3n) is 4.92. The van der Waals surface area contributed by atoms with E-state index >= 15 is 0 Å². The molecule has 2 aliphatic rings. The molecule has 2 N–H and O–H groups in total. The number of morpholine rings is 1. The van der Waals surface area contributed by atoms with E-state index in [4.69, 9.17) is 9.47 Å². The van der Waals surface area contributed by atoms with E-state index in [1.165, 1.54) is 0 Å². The molecule has 1 amide bonds. The topological polar surface area (TPSA) is 59.6 Å². The van der Waals surface area contributed by atoms with Gasteiger partial charge in [0.2, 0.25) is 5.91 Å². The second kappa shape index (κ2) is 7.89. The number of fused-ring (bicyclic) bond motifs is 1. The predicted molar refractivity (Wildman–Crippen MR) is 100 cm³/mol. The lowest BCUT2D eigenvalue weighted by Gasteiger charge is -2.29. The van der Waals surface area contributed by atoms with Crippen molar-refractivity contribution in [2.24, 2.45) is 0 Å². The third kappa shape index (κ3) is 3.74. The molecule has 136 valence electrons. The molecule has 0 aliphatic carbocycles. The van der Waals surface area contributed by atoms with Gasteiger partial charge >= 0.3 is 0 Å². The first-order valence-corrected chi connectivity index (χ1v) is 9.23. The molecule has 4 rings (SSSR count). The molecule has 0 aromatic heterocycles. The zero-order chi connectivity index (χ0) is 17.8. The number of nitrogens with one attached hydrogen (secondary N) is 2. The van der Waals surface area contributed by atoms with Crippen molar-refractivity contribution in [2.45, 2.75) is 24.9 Å². The molecule has 5 heteroatoms. The highest BCUT2D eigenvalue weighted by Gasteiger charge is 2.26. The van der Waals surface area contributed by atoms with Crippen LogP contribution >= 0.6 is 0 Å². The molecule has 0 saturated carbocycles. The average Bonchev–Trinajstić information content (AvgIpc) is 2.69. The number of amides is 1. The summed E-state index contributed by atoms with van der Waals surface area (Å²) in [6.45, 7) is 2.72. The fourth-order valence-corrected chi connectivity index (χ4v) is 3.65. The summed E-state index contributed by atoms with van der Waals surface area (Å²) in [6.07, 6.45) is 1.22. The zero-order valence-corrected chi connectivity index (χ0v) is 14.7. The molecule has 2 aliphatic heterocycles. The average molecular weight is 352 g/mol. The zero-order valence-electron chi connectivity index (χ0n) is 14.7. The number of ether oxygens (including phenoxy) is 2. The monoisotopic (exact) mass is 352 g/mol. The fraction of sp³-hybridized carbons (Fsp3) is 0.381. The van der Waals surface area contributed by atoms with E-state index in [0.717, 1.165) is 35.4 Å². The van der Waals surface area contributed by atoms with Crippen molar-refractivity contribution >= 4 is 5.91 Å². The molecule has 2 heterocycles. The van der Waals surface area contributed by atoms with Gasteiger partial charge in [0, 0.05) is 36.6 Å². The van der Waals surface area contributed by atoms with Gasteiger partial charge in [-0.25, -0.2) is 0 Å². The van der Waals surface area contributed by atoms with Crippen molar-refractivity contribution in [3.63, 3.8) is 0 Å². The second-order valence-corrected chi connectivity index (χ2v) is 6.78. The van der Waals surface area contributed by atoms with Crippen LogP contribution in [0.3, 0.4) is 0 Å². The Hall–Kier alpha value is -2.37. The summed E-state index contributed by atoms with van der Waals surface area (Å²) >= 11 is 0. The number of carbonyl (C=O) groups is 1. The van der Waals surface area contributed by atoms with Gasteiger partial charge in [-0.05, 0) is 5.56 Å². The summed E-state index contributed by atoms with van der Waals surface area (Å²) in [7, 11) is 0. The lowest BCUT2D eigenvalue weighted by Crippen LogP contribution is -2.45. The minimum absolute atomic E-state index is 0.0144. The molecule has 2 atom stereocenters. The Morgan fingerprint density at radius 1 is 1.12 bits per heavy atom. The van der Waals surface area contributed by atoms with Crippen molar-refractivity contribution in [3.05, 3.63) is 54.1 Å². The normalized spacial score (nSPS) is 22.2. The summed E-state index contributed by atoms with van der Waals surface area (Å²) in [4.78, 5) is 12.5. The Labute approximate surface area is 153 Å². The first kappa shape index (κ1) is 17.1. The van der Waals surface area contributed by atoms with Gasteiger partial charge in [-0.2, -0.15) is 0 Å². The molecule has 2 unspecified atom stereocenters. The Kier molecular flexibility index (Phi) is 5.18. The van der Waals surface area contributed by atoms with Crippen molar-refractivity contribution in [2.75, 3.05) is 26.4 Å². The van der Waals surface area contributed by atoms with Gasteiger partial charge in [-0.1, -0.05) is 48.5 Å². The summed E-state index contributed by atoms with van der Waals surface area (Å²) in [5, 5.41) is 6.51. The SMILES string of the molecule is O=C(CC1COCCN1)NC1CCOc2c(-c3ccccc3)cccc21. The van der Waals surface area contributed by atoms with Gasteiger partial charge in [0.1, 0.15) is 5.75 Å². The van der Waals surface area contributed by atoms with Crippen LogP contribution < -0.4 is 15.4 Å². The third-order valence-corrected chi connectivity index (χ3v) is 4.92. The summed E-state index contributed by atoms with van der Waals surface area (Å²) in [5.74, 6) is 0.935. The van der Waals surface area contributed by atoms with Gasteiger partial charge in [-0.3, -0.25) is 4.79 Å². The van der Waals surface area contributed by atoms with Crippen LogP contribution in [0.4, 0.5) is 0 Å². The second-order valence-electron chi connectivity index (χ2n) is 6.78. The van der Waals surface area contributed by atoms with Crippen LogP contribution in [0.15, 0.2) is 48.5 Å². The Morgan fingerprint density at radius 3 is 2.81 bits per heavy atom. The van der Waals surface area contributed by atoms with Crippen molar-refractivity contribution < 1.29 is 14.3 Å². The van der Waals surface area contributed by atoms with Crippen LogP contribution in [-0.4, -0.2) is 38.3 Å². The number of rotatable bonds is 4. The molecule has 1 saturated heterocycles. The van der Waals surface area contributed by atoms with E-state index in [2.05, 4.69) is 28.8 Å². The Balaban J connectivity index is 1.51. The quantitative estimate of drug-likeness (QED) is 0.888. The molecular weight excluding hydrogens is 328 g/mol. The van der Waals surface area contributed by atoms with E-state index in [9.17, 15) is 4.79 Å². The van der Waals surface area contributed by atoms with Crippen LogP contribution in [0.1, 0.15) is 24.4 Å². The molecule has 1 fully saturated rings. The summed E-state index contributed by atoms with van der Waals surface area (Å²) < 4.78 is 11.4. The van der Waals surface area contributed by atoms with E-state index in [-0.39, 0.29) is 18.0 Å². The molecule has 2 aromatic carbocycles. The minimum atomic E-state index is -0.0144. The van der Waals surface area contributed by atoms with Gasteiger partial charge in [0.05, 0.1) is 25.9 Å². The van der Waals surface area contributed by atoms with Gasteiger partial charge in [-0.15, -0.1) is 0 Å². The van der Waals surface area contributed by atoms with Gasteiger partial charge in [0.15, 0.2) is 0 Å².